The summed E-state index contributed by atoms with van der Waals surface area (Å²) in [6, 6.07) is 3.48. The van der Waals surface area contributed by atoms with Gasteiger partial charge in [-0.25, -0.2) is 17.2 Å². The Hall–Kier alpha value is -1.51. The van der Waals surface area contributed by atoms with Gasteiger partial charge in [0, 0.05) is 13.6 Å². The molecule has 0 saturated heterocycles. The number of benzene rings is 1. The van der Waals surface area contributed by atoms with Gasteiger partial charge in [0.25, 0.3) is 0 Å². The van der Waals surface area contributed by atoms with Gasteiger partial charge < -0.3 is 5.73 Å². The molecule has 0 amide bonds. The summed E-state index contributed by atoms with van der Waals surface area (Å²) in [5.41, 5.74) is 5.18. The maximum absolute atomic E-state index is 13.8. The average Bonchev–Trinajstić information content (AvgIpc) is 2.88. The molecule has 2 N–H and O–H groups in total. The minimum absolute atomic E-state index is 0.0998. The van der Waals surface area contributed by atoms with E-state index in [4.69, 9.17) is 5.73 Å². The highest BCUT2D eigenvalue weighted by atomic mass is 32.2. The first-order chi connectivity index (χ1) is 9.34. The number of nitrogens with zero attached hydrogens (tertiary/aromatic N) is 1. The van der Waals surface area contributed by atoms with Gasteiger partial charge in [0.1, 0.15) is 16.4 Å². The lowest BCUT2D eigenvalue weighted by atomic mass is 10.3. The van der Waals surface area contributed by atoms with E-state index in [0.29, 0.717) is 0 Å². The molecule has 20 heavy (non-hydrogen) atoms. The van der Waals surface area contributed by atoms with Crippen LogP contribution in [0.15, 0.2) is 33.9 Å². The molecule has 0 aliphatic rings. The van der Waals surface area contributed by atoms with Gasteiger partial charge in [-0.2, -0.15) is 15.6 Å². The van der Waals surface area contributed by atoms with E-state index in [2.05, 4.69) is 0 Å². The minimum atomic E-state index is -4.07. The third kappa shape index (κ3) is 2.67. The van der Waals surface area contributed by atoms with Gasteiger partial charge in [-0.1, -0.05) is 0 Å². The molecular weight excluding hydrogens is 306 g/mol. The van der Waals surface area contributed by atoms with E-state index < -0.39 is 32.2 Å². The van der Waals surface area contributed by atoms with Gasteiger partial charge in [0.05, 0.1) is 0 Å². The highest BCUT2D eigenvalue weighted by Gasteiger charge is 2.26. The summed E-state index contributed by atoms with van der Waals surface area (Å²) in [5.74, 6) is -2.25. The number of hydrogen-bond donors (Lipinski definition) is 1. The van der Waals surface area contributed by atoms with Gasteiger partial charge in [-0.05, 0) is 34.5 Å². The van der Waals surface area contributed by atoms with E-state index in [1.54, 1.807) is 11.4 Å². The number of nitrogens with two attached hydrogens (primary N) is 1. The molecule has 1 heterocycles. The zero-order valence-corrected chi connectivity index (χ0v) is 12.1. The van der Waals surface area contributed by atoms with Gasteiger partial charge in [0.15, 0.2) is 5.82 Å². The van der Waals surface area contributed by atoms with Crippen LogP contribution in [0, 0.1) is 11.6 Å². The molecule has 4 nitrogen and oxygen atoms in total. The zero-order valence-electron chi connectivity index (χ0n) is 10.5. The van der Waals surface area contributed by atoms with E-state index >= 15 is 0 Å². The van der Waals surface area contributed by atoms with Crippen LogP contribution in [0.3, 0.4) is 0 Å². The van der Waals surface area contributed by atoms with Crippen molar-refractivity contribution in [1.29, 1.82) is 0 Å². The maximum Gasteiger partial charge on any atom is 0.246 e. The van der Waals surface area contributed by atoms with Crippen molar-refractivity contribution in [2.45, 2.75) is 11.4 Å². The third-order valence-electron chi connectivity index (χ3n) is 2.76. The van der Waals surface area contributed by atoms with Gasteiger partial charge in [0.2, 0.25) is 10.0 Å². The molecule has 2 aromatic rings. The molecule has 0 spiro atoms. The molecule has 108 valence electrons. The molecule has 2 rings (SSSR count). The molecule has 0 radical (unpaired) electrons. The fraction of sp³-hybridized carbons (Fsp3) is 0.167. The van der Waals surface area contributed by atoms with Gasteiger partial charge in [-0.15, -0.1) is 0 Å². The number of thiophene rings is 1. The second kappa shape index (κ2) is 5.47. The monoisotopic (exact) mass is 318 g/mol. The van der Waals surface area contributed by atoms with Gasteiger partial charge in [-0.3, -0.25) is 0 Å². The van der Waals surface area contributed by atoms with E-state index in [-0.39, 0.29) is 6.54 Å². The van der Waals surface area contributed by atoms with Crippen molar-refractivity contribution in [3.63, 3.8) is 0 Å². The van der Waals surface area contributed by atoms with Crippen molar-refractivity contribution in [2.75, 3.05) is 12.8 Å². The molecule has 0 saturated carbocycles. The summed E-state index contributed by atoms with van der Waals surface area (Å²) in [6.45, 7) is 0.0998. The number of anilines is 1. The minimum Gasteiger partial charge on any atom is -0.394 e. The Morgan fingerprint density at radius 1 is 1.30 bits per heavy atom. The standard InChI is InChI=1S/C12H12F2N2O2S2/c1-16(6-8-4-5-19-7-8)20(17,18)10-3-2-9(13)12(15)11(10)14/h2-5,7H,6,15H2,1H3. The number of rotatable bonds is 4. The molecule has 0 bridgehead atoms. The highest BCUT2D eigenvalue weighted by Crippen LogP contribution is 2.25. The number of nitrogen functional groups attached to an aromatic ring is 1. The Morgan fingerprint density at radius 3 is 2.60 bits per heavy atom. The predicted octanol–water partition coefficient (Wildman–Crippen LogP) is 2.43. The van der Waals surface area contributed by atoms with E-state index in [9.17, 15) is 17.2 Å². The molecule has 8 heteroatoms. The topological polar surface area (TPSA) is 63.4 Å². The molecule has 0 unspecified atom stereocenters. The lowest BCUT2D eigenvalue weighted by Crippen LogP contribution is -2.27. The first-order valence-corrected chi connectivity index (χ1v) is 7.93. The Kier molecular flexibility index (Phi) is 4.07. The fourth-order valence-corrected chi connectivity index (χ4v) is 3.53. The normalized spacial score (nSPS) is 12.0. The van der Waals surface area contributed by atoms with E-state index in [1.807, 2.05) is 5.38 Å². The number of hydrogen-bond acceptors (Lipinski definition) is 4. The predicted molar refractivity (Wildman–Crippen MR) is 73.7 cm³/mol. The zero-order chi connectivity index (χ0) is 14.9. The second-order valence-corrected chi connectivity index (χ2v) is 6.96. The van der Waals surface area contributed by atoms with Crippen LogP contribution < -0.4 is 5.73 Å². The quantitative estimate of drug-likeness (QED) is 0.881. The average molecular weight is 318 g/mol. The van der Waals surface area contributed by atoms with Crippen molar-refractivity contribution >= 4 is 27.0 Å². The SMILES string of the molecule is CN(Cc1ccsc1)S(=O)(=O)c1ccc(F)c(N)c1F. The number of sulfonamides is 1. The molecule has 0 aliphatic heterocycles. The van der Waals surface area contributed by atoms with Crippen molar-refractivity contribution in [2.24, 2.45) is 0 Å². The van der Waals surface area contributed by atoms with Crippen LogP contribution in [0.2, 0.25) is 0 Å². The summed E-state index contributed by atoms with van der Waals surface area (Å²) in [5, 5.41) is 3.60. The summed E-state index contributed by atoms with van der Waals surface area (Å²) < 4.78 is 52.4. The summed E-state index contributed by atoms with van der Waals surface area (Å²) >= 11 is 1.43. The van der Waals surface area contributed by atoms with Crippen molar-refractivity contribution in [3.05, 3.63) is 46.2 Å². The molecule has 0 atom stereocenters. The first kappa shape index (κ1) is 14.9. The Bertz CT molecular complexity index is 715. The van der Waals surface area contributed by atoms with E-state index in [0.717, 1.165) is 22.0 Å². The summed E-state index contributed by atoms with van der Waals surface area (Å²) in [4.78, 5) is -0.630. The summed E-state index contributed by atoms with van der Waals surface area (Å²) in [6.07, 6.45) is 0. The van der Waals surface area contributed by atoms with Crippen LogP contribution in [0.25, 0.3) is 0 Å². The van der Waals surface area contributed by atoms with Crippen LogP contribution in [0.1, 0.15) is 5.56 Å². The molecule has 1 aromatic heterocycles. The smallest absolute Gasteiger partial charge is 0.246 e. The fourth-order valence-electron chi connectivity index (χ4n) is 1.64. The lowest BCUT2D eigenvalue weighted by Gasteiger charge is -2.17. The van der Waals surface area contributed by atoms with Crippen LogP contribution in [0.5, 0.6) is 0 Å². The van der Waals surface area contributed by atoms with Crippen LogP contribution in [-0.4, -0.2) is 19.8 Å². The largest absolute Gasteiger partial charge is 0.394 e. The van der Waals surface area contributed by atoms with Crippen molar-refractivity contribution < 1.29 is 17.2 Å². The highest BCUT2D eigenvalue weighted by molar-refractivity contribution is 7.89. The second-order valence-electron chi connectivity index (χ2n) is 4.17. The number of halogens is 2. The van der Waals surface area contributed by atoms with Crippen LogP contribution in [0.4, 0.5) is 14.5 Å². The lowest BCUT2D eigenvalue weighted by molar-refractivity contribution is 0.459. The molecule has 1 aromatic carbocycles. The Balaban J connectivity index is 2.37. The van der Waals surface area contributed by atoms with Crippen LogP contribution in [-0.2, 0) is 16.6 Å². The van der Waals surface area contributed by atoms with Gasteiger partial charge >= 0.3 is 0 Å². The molecular formula is C12H12F2N2O2S2. The summed E-state index contributed by atoms with van der Waals surface area (Å²) in [7, 11) is -2.74. The third-order valence-corrected chi connectivity index (χ3v) is 5.32. The Morgan fingerprint density at radius 2 is 2.00 bits per heavy atom. The van der Waals surface area contributed by atoms with E-state index in [1.165, 1.54) is 18.4 Å². The van der Waals surface area contributed by atoms with Crippen molar-refractivity contribution in [3.8, 4) is 0 Å². The van der Waals surface area contributed by atoms with Crippen LogP contribution >= 0.6 is 11.3 Å². The first-order valence-electron chi connectivity index (χ1n) is 5.55. The van der Waals surface area contributed by atoms with Crippen molar-refractivity contribution in [1.82, 2.24) is 4.31 Å². The molecule has 0 fully saturated rings. The molecule has 0 aliphatic carbocycles. The Labute approximate surface area is 119 Å². The maximum atomic E-state index is 13.8.